The summed E-state index contributed by atoms with van der Waals surface area (Å²) in [7, 11) is 3.66. The lowest BCUT2D eigenvalue weighted by atomic mass is 9.77. The van der Waals surface area contributed by atoms with Crippen molar-refractivity contribution in [3.63, 3.8) is 0 Å². The smallest absolute Gasteiger partial charge is 0.0496 e. The second-order valence-electron chi connectivity index (χ2n) is 6.01. The van der Waals surface area contributed by atoms with E-state index in [1.165, 1.54) is 32.1 Å². The topological polar surface area (TPSA) is 18.5 Å². The molecule has 0 aliphatic heterocycles. The number of rotatable bonds is 8. The van der Waals surface area contributed by atoms with Gasteiger partial charge in [0.2, 0.25) is 0 Å². The summed E-state index contributed by atoms with van der Waals surface area (Å²) in [6.45, 7) is 6.41. The fourth-order valence-electron chi connectivity index (χ4n) is 3.42. The molecule has 0 heterocycles. The van der Waals surface area contributed by atoms with E-state index in [0.717, 1.165) is 25.0 Å². The van der Waals surface area contributed by atoms with Gasteiger partial charge in [-0.1, -0.05) is 39.5 Å². The molecule has 2 heteroatoms. The molecule has 0 N–H and O–H groups in total. The average Bonchev–Trinajstić information content (AvgIpc) is 2.78. The second-order valence-corrected chi connectivity index (χ2v) is 6.01. The summed E-state index contributed by atoms with van der Waals surface area (Å²) in [5, 5.41) is 0. The van der Waals surface area contributed by atoms with Gasteiger partial charge in [-0.15, -0.1) is 0 Å². The zero-order valence-electron chi connectivity index (χ0n) is 12.1. The Morgan fingerprint density at radius 2 is 1.59 bits per heavy atom. The summed E-state index contributed by atoms with van der Waals surface area (Å²) in [4.78, 5) is 0. The largest absolute Gasteiger partial charge is 0.384 e. The number of ether oxygens (including phenoxy) is 2. The molecule has 2 nitrogen and oxygen atoms in total. The van der Waals surface area contributed by atoms with E-state index in [9.17, 15) is 0 Å². The van der Waals surface area contributed by atoms with Crippen LogP contribution in [0.2, 0.25) is 0 Å². The highest BCUT2D eigenvalue weighted by atomic mass is 16.5. The van der Waals surface area contributed by atoms with Gasteiger partial charge in [0.1, 0.15) is 0 Å². The zero-order chi connectivity index (χ0) is 12.7. The van der Waals surface area contributed by atoms with Crippen molar-refractivity contribution >= 4 is 0 Å². The molecule has 0 amide bonds. The fourth-order valence-corrected chi connectivity index (χ4v) is 3.42. The third-order valence-corrected chi connectivity index (χ3v) is 4.12. The molecule has 102 valence electrons. The molecule has 1 saturated carbocycles. The van der Waals surface area contributed by atoms with Crippen LogP contribution in [0.1, 0.15) is 46.0 Å². The van der Waals surface area contributed by atoms with Crippen LogP contribution < -0.4 is 0 Å². The normalized spacial score (nSPS) is 21.0. The van der Waals surface area contributed by atoms with Crippen molar-refractivity contribution in [2.45, 2.75) is 46.0 Å². The molecule has 0 spiro atoms. The van der Waals surface area contributed by atoms with Gasteiger partial charge < -0.3 is 9.47 Å². The van der Waals surface area contributed by atoms with Crippen LogP contribution in [-0.4, -0.2) is 27.4 Å². The molecular weight excluding hydrogens is 212 g/mol. The molecule has 17 heavy (non-hydrogen) atoms. The van der Waals surface area contributed by atoms with Gasteiger partial charge in [-0.05, 0) is 30.1 Å². The van der Waals surface area contributed by atoms with E-state index in [4.69, 9.17) is 9.47 Å². The first-order chi connectivity index (χ1) is 8.19. The van der Waals surface area contributed by atoms with Gasteiger partial charge in [-0.3, -0.25) is 0 Å². The second kappa shape index (κ2) is 8.10. The van der Waals surface area contributed by atoms with E-state index in [-0.39, 0.29) is 0 Å². The van der Waals surface area contributed by atoms with Gasteiger partial charge in [-0.25, -0.2) is 0 Å². The summed E-state index contributed by atoms with van der Waals surface area (Å²) < 4.78 is 10.9. The minimum absolute atomic E-state index is 0.669. The molecule has 2 unspecified atom stereocenters. The Labute approximate surface area is 107 Å². The molecule has 0 aromatic rings. The maximum absolute atomic E-state index is 5.47. The van der Waals surface area contributed by atoms with Gasteiger partial charge >= 0.3 is 0 Å². The van der Waals surface area contributed by atoms with Crippen molar-refractivity contribution < 1.29 is 9.47 Å². The quantitative estimate of drug-likeness (QED) is 0.645. The highest BCUT2D eigenvalue weighted by Gasteiger charge is 2.31. The summed E-state index contributed by atoms with van der Waals surface area (Å²) in [6, 6.07) is 0. The molecule has 0 bridgehead atoms. The molecule has 1 fully saturated rings. The Hall–Kier alpha value is -0.0800. The van der Waals surface area contributed by atoms with Gasteiger partial charge in [0.15, 0.2) is 0 Å². The van der Waals surface area contributed by atoms with Crippen LogP contribution in [-0.2, 0) is 9.47 Å². The average molecular weight is 242 g/mol. The molecule has 1 aliphatic rings. The minimum atomic E-state index is 0.669. The van der Waals surface area contributed by atoms with Crippen LogP contribution in [0.15, 0.2) is 0 Å². The maximum atomic E-state index is 5.47. The van der Waals surface area contributed by atoms with Crippen LogP contribution in [0.25, 0.3) is 0 Å². The van der Waals surface area contributed by atoms with E-state index in [2.05, 4.69) is 13.8 Å². The maximum Gasteiger partial charge on any atom is 0.0496 e. The fraction of sp³-hybridized carbons (Fsp3) is 1.00. The van der Waals surface area contributed by atoms with Crippen LogP contribution >= 0.6 is 0 Å². The summed E-state index contributed by atoms with van der Waals surface area (Å²) >= 11 is 0. The molecule has 1 rings (SSSR count). The molecule has 0 aromatic heterocycles. The minimum Gasteiger partial charge on any atom is -0.384 e. The van der Waals surface area contributed by atoms with Crippen LogP contribution in [0.5, 0.6) is 0 Å². The Bertz CT molecular complexity index is 185. The molecular formula is C15H30O2. The van der Waals surface area contributed by atoms with Gasteiger partial charge in [0, 0.05) is 27.4 Å². The Morgan fingerprint density at radius 3 is 2.06 bits per heavy atom. The van der Waals surface area contributed by atoms with Crippen molar-refractivity contribution in [1.82, 2.24) is 0 Å². The summed E-state index contributed by atoms with van der Waals surface area (Å²) in [6.07, 6.45) is 6.87. The van der Waals surface area contributed by atoms with E-state index >= 15 is 0 Å². The Morgan fingerprint density at radius 1 is 1.00 bits per heavy atom. The van der Waals surface area contributed by atoms with Crippen LogP contribution in [0, 0.1) is 23.7 Å². The Kier molecular flexibility index (Phi) is 7.14. The third-order valence-electron chi connectivity index (χ3n) is 4.12. The van der Waals surface area contributed by atoms with E-state index in [0.29, 0.717) is 11.8 Å². The molecule has 0 aromatic carbocycles. The van der Waals surface area contributed by atoms with Crippen molar-refractivity contribution in [1.29, 1.82) is 0 Å². The van der Waals surface area contributed by atoms with E-state index in [1.54, 1.807) is 0 Å². The molecule has 1 aliphatic carbocycles. The van der Waals surface area contributed by atoms with E-state index < -0.39 is 0 Å². The number of hydrogen-bond acceptors (Lipinski definition) is 2. The van der Waals surface area contributed by atoms with Crippen molar-refractivity contribution in [2.24, 2.45) is 23.7 Å². The van der Waals surface area contributed by atoms with E-state index in [1.807, 2.05) is 14.2 Å². The number of hydrogen-bond donors (Lipinski definition) is 0. The first kappa shape index (κ1) is 15.0. The summed E-state index contributed by atoms with van der Waals surface area (Å²) in [5.41, 5.74) is 0. The van der Waals surface area contributed by atoms with Crippen molar-refractivity contribution in [3.05, 3.63) is 0 Å². The first-order valence-electron chi connectivity index (χ1n) is 7.16. The zero-order valence-corrected chi connectivity index (χ0v) is 12.1. The predicted molar refractivity (Wildman–Crippen MR) is 72.1 cm³/mol. The van der Waals surface area contributed by atoms with Crippen molar-refractivity contribution in [3.8, 4) is 0 Å². The Balaban J connectivity index is 2.61. The van der Waals surface area contributed by atoms with Crippen LogP contribution in [0.3, 0.4) is 0 Å². The first-order valence-corrected chi connectivity index (χ1v) is 7.16. The number of methoxy groups -OCH3 is 2. The third kappa shape index (κ3) is 4.97. The monoisotopic (exact) mass is 242 g/mol. The highest BCUT2D eigenvalue weighted by Crippen LogP contribution is 2.37. The highest BCUT2D eigenvalue weighted by molar-refractivity contribution is 4.81. The van der Waals surface area contributed by atoms with Gasteiger partial charge in [0.05, 0.1) is 0 Å². The SMILES string of the molecule is COCC(CC(C)C)C(COC)C1CCCC1. The lowest BCUT2D eigenvalue weighted by molar-refractivity contribution is 0.0326. The molecule has 0 radical (unpaired) electrons. The van der Waals surface area contributed by atoms with Gasteiger partial charge in [0.25, 0.3) is 0 Å². The summed E-state index contributed by atoms with van der Waals surface area (Å²) in [5.74, 6) is 2.98. The molecule has 2 atom stereocenters. The van der Waals surface area contributed by atoms with Gasteiger partial charge in [-0.2, -0.15) is 0 Å². The van der Waals surface area contributed by atoms with Crippen LogP contribution in [0.4, 0.5) is 0 Å². The van der Waals surface area contributed by atoms with Crippen molar-refractivity contribution in [2.75, 3.05) is 27.4 Å². The lowest BCUT2D eigenvalue weighted by Gasteiger charge is -2.32. The standard InChI is InChI=1S/C15H30O2/c1-12(2)9-14(10-16-3)15(11-17-4)13-7-5-6-8-13/h12-15H,5-11H2,1-4H3. The predicted octanol–water partition coefficient (Wildman–Crippen LogP) is 3.75. The lowest BCUT2D eigenvalue weighted by Crippen LogP contribution is -2.30. The molecule has 0 saturated heterocycles.